The van der Waals surface area contributed by atoms with Gasteiger partial charge in [-0.2, -0.15) is 39.5 Å². The van der Waals surface area contributed by atoms with Crippen molar-refractivity contribution < 1.29 is 39.5 Å². The molecule has 0 aromatic heterocycles. The molecule has 0 aromatic rings. The third-order valence-electron chi connectivity index (χ3n) is 3.32. The Morgan fingerprint density at radius 3 is 1.39 bits per heavy atom. The van der Waals surface area contributed by atoms with Crippen LogP contribution in [0.2, 0.25) is 0 Å². The first-order valence-electron chi connectivity index (χ1n) is 4.58. The van der Waals surface area contributed by atoms with Crippen molar-refractivity contribution in [3.8, 4) is 0 Å². The van der Waals surface area contributed by atoms with Gasteiger partial charge in [0.1, 0.15) is 5.41 Å². The average molecular weight is 286 g/mol. The lowest BCUT2D eigenvalue weighted by molar-refractivity contribution is -0.400. The Hall–Kier alpha value is -0.890. The van der Waals surface area contributed by atoms with Crippen molar-refractivity contribution in [2.24, 2.45) is 10.8 Å². The van der Waals surface area contributed by atoms with Gasteiger partial charge in [0.2, 0.25) is 0 Å². The number of allylic oxidation sites excluding steroid dienone is 2. The third-order valence-corrected chi connectivity index (χ3v) is 3.32. The lowest BCUT2D eigenvalue weighted by Crippen LogP contribution is -2.61. The minimum atomic E-state index is -6.06. The summed E-state index contributed by atoms with van der Waals surface area (Å²) in [7, 11) is 0. The Bertz CT molecular complexity index is 342. The molecule has 0 amide bonds. The Balaban J connectivity index is 3.58. The van der Waals surface area contributed by atoms with Gasteiger partial charge in [-0.1, -0.05) is 12.2 Å². The highest BCUT2D eigenvalue weighted by molar-refractivity contribution is 5.24. The SMILES string of the molecule is CC1(C(F)(F)F)C=CCC1(C(F)(F)F)C(F)(F)F. The normalized spacial score (nSPS) is 28.8. The second kappa shape index (κ2) is 3.57. The highest BCUT2D eigenvalue weighted by atomic mass is 19.4. The van der Waals surface area contributed by atoms with Gasteiger partial charge in [-0.25, -0.2) is 0 Å². The van der Waals surface area contributed by atoms with Crippen LogP contribution in [0.25, 0.3) is 0 Å². The molecule has 18 heavy (non-hydrogen) atoms. The number of hydrogen-bond acceptors (Lipinski definition) is 0. The zero-order chi connectivity index (χ0) is 14.6. The molecule has 0 heterocycles. The molecule has 0 spiro atoms. The van der Waals surface area contributed by atoms with Crippen molar-refractivity contribution in [1.82, 2.24) is 0 Å². The minimum absolute atomic E-state index is 0.0615. The van der Waals surface area contributed by atoms with E-state index in [1.807, 2.05) is 0 Å². The summed E-state index contributed by atoms with van der Waals surface area (Å²) in [6.07, 6.45) is -19.3. The molecular weight excluding hydrogens is 279 g/mol. The fraction of sp³-hybridized carbons (Fsp3) is 0.778. The van der Waals surface area contributed by atoms with Crippen molar-refractivity contribution in [3.05, 3.63) is 12.2 Å². The molecule has 9 heteroatoms. The molecule has 0 bridgehead atoms. The molecule has 0 radical (unpaired) electrons. The van der Waals surface area contributed by atoms with Crippen molar-refractivity contribution >= 4 is 0 Å². The summed E-state index contributed by atoms with van der Waals surface area (Å²) < 4.78 is 114. The molecule has 106 valence electrons. The Labute approximate surface area is 95.5 Å². The standard InChI is InChI=1S/C9H7F9/c1-5(7(10,11)12)3-2-4-6(5,8(13,14)15)9(16,17)18/h2-3H,4H2,1H3. The summed E-state index contributed by atoms with van der Waals surface area (Å²) in [4.78, 5) is 0. The van der Waals surface area contributed by atoms with E-state index in [4.69, 9.17) is 0 Å². The molecule has 1 aliphatic rings. The zero-order valence-electron chi connectivity index (χ0n) is 8.76. The maximum Gasteiger partial charge on any atom is 0.404 e. The Morgan fingerprint density at radius 1 is 0.778 bits per heavy atom. The molecule has 1 aliphatic carbocycles. The van der Waals surface area contributed by atoms with Crippen LogP contribution in [0.15, 0.2) is 12.2 Å². The predicted molar refractivity (Wildman–Crippen MR) is 42.5 cm³/mol. The van der Waals surface area contributed by atoms with Gasteiger partial charge in [0.05, 0.1) is 0 Å². The summed E-state index contributed by atoms with van der Waals surface area (Å²) in [6, 6.07) is 0. The second-order valence-corrected chi connectivity index (χ2v) is 4.21. The van der Waals surface area contributed by atoms with Gasteiger partial charge in [0.15, 0.2) is 5.41 Å². The van der Waals surface area contributed by atoms with Crippen LogP contribution in [0.1, 0.15) is 13.3 Å². The molecule has 0 saturated carbocycles. The molecule has 1 atom stereocenters. The predicted octanol–water partition coefficient (Wildman–Crippen LogP) is 4.63. The molecule has 1 rings (SSSR count). The Morgan fingerprint density at radius 2 is 1.17 bits per heavy atom. The van der Waals surface area contributed by atoms with Gasteiger partial charge < -0.3 is 0 Å². The summed E-state index contributed by atoms with van der Waals surface area (Å²) in [5.74, 6) is 0. The highest BCUT2D eigenvalue weighted by Crippen LogP contribution is 2.69. The second-order valence-electron chi connectivity index (χ2n) is 4.21. The topological polar surface area (TPSA) is 0 Å². The van der Waals surface area contributed by atoms with E-state index in [1.54, 1.807) is 0 Å². The van der Waals surface area contributed by atoms with Crippen LogP contribution < -0.4 is 0 Å². The van der Waals surface area contributed by atoms with E-state index in [-0.39, 0.29) is 19.1 Å². The molecule has 1 unspecified atom stereocenters. The van der Waals surface area contributed by atoms with E-state index in [2.05, 4.69) is 0 Å². The van der Waals surface area contributed by atoms with Crippen LogP contribution in [0.5, 0.6) is 0 Å². The van der Waals surface area contributed by atoms with E-state index in [0.29, 0.717) is 0 Å². The van der Waals surface area contributed by atoms with Gasteiger partial charge in [-0.3, -0.25) is 0 Å². The van der Waals surface area contributed by atoms with E-state index >= 15 is 0 Å². The van der Waals surface area contributed by atoms with Crippen LogP contribution in [0, 0.1) is 10.8 Å². The lowest BCUT2D eigenvalue weighted by Gasteiger charge is -2.45. The average Bonchev–Trinajstić information content (AvgIpc) is 2.40. The van der Waals surface area contributed by atoms with Crippen LogP contribution in [0.3, 0.4) is 0 Å². The summed E-state index contributed by atoms with van der Waals surface area (Å²) in [5.41, 5.74) is -8.85. The Kier molecular flexibility index (Phi) is 3.01. The summed E-state index contributed by atoms with van der Waals surface area (Å²) >= 11 is 0. The van der Waals surface area contributed by atoms with Gasteiger partial charge in [0, 0.05) is 0 Å². The third kappa shape index (κ3) is 1.62. The summed E-state index contributed by atoms with van der Waals surface area (Å²) in [5, 5.41) is 0. The van der Waals surface area contributed by atoms with Gasteiger partial charge in [0.25, 0.3) is 0 Å². The van der Waals surface area contributed by atoms with E-state index in [0.717, 1.165) is 0 Å². The molecule has 0 fully saturated rings. The molecular formula is C9H7F9. The first-order chi connectivity index (χ1) is 7.71. The molecule has 0 nitrogen and oxygen atoms in total. The number of halogens is 9. The van der Waals surface area contributed by atoms with Crippen LogP contribution in [-0.4, -0.2) is 18.5 Å². The van der Waals surface area contributed by atoms with Crippen LogP contribution in [0.4, 0.5) is 39.5 Å². The number of hydrogen-bond donors (Lipinski definition) is 0. The molecule has 0 N–H and O–H groups in total. The van der Waals surface area contributed by atoms with E-state index < -0.39 is 35.8 Å². The van der Waals surface area contributed by atoms with Gasteiger partial charge in [-0.05, 0) is 13.3 Å². The minimum Gasteiger partial charge on any atom is -0.170 e. The maximum absolute atomic E-state index is 12.7. The summed E-state index contributed by atoms with van der Waals surface area (Å²) in [6.45, 7) is -0.0858. The van der Waals surface area contributed by atoms with Crippen molar-refractivity contribution in [1.29, 1.82) is 0 Å². The van der Waals surface area contributed by atoms with Crippen LogP contribution >= 0.6 is 0 Å². The quantitative estimate of drug-likeness (QED) is 0.450. The van der Waals surface area contributed by atoms with Gasteiger partial charge in [-0.15, -0.1) is 0 Å². The van der Waals surface area contributed by atoms with E-state index in [1.165, 1.54) is 0 Å². The van der Waals surface area contributed by atoms with Gasteiger partial charge >= 0.3 is 18.5 Å². The first-order valence-corrected chi connectivity index (χ1v) is 4.58. The molecule has 0 saturated heterocycles. The molecule has 0 aliphatic heterocycles. The lowest BCUT2D eigenvalue weighted by atomic mass is 9.64. The van der Waals surface area contributed by atoms with Crippen molar-refractivity contribution in [2.45, 2.75) is 31.9 Å². The fourth-order valence-corrected chi connectivity index (χ4v) is 2.14. The van der Waals surface area contributed by atoms with Crippen LogP contribution in [-0.2, 0) is 0 Å². The highest BCUT2D eigenvalue weighted by Gasteiger charge is 2.83. The van der Waals surface area contributed by atoms with E-state index in [9.17, 15) is 39.5 Å². The fourth-order valence-electron chi connectivity index (χ4n) is 2.14. The smallest absolute Gasteiger partial charge is 0.170 e. The zero-order valence-corrected chi connectivity index (χ0v) is 8.76. The monoisotopic (exact) mass is 286 g/mol. The number of rotatable bonds is 0. The largest absolute Gasteiger partial charge is 0.404 e. The first kappa shape index (κ1) is 15.2. The maximum atomic E-state index is 12.7. The number of alkyl halides is 9. The van der Waals surface area contributed by atoms with Crippen molar-refractivity contribution in [3.63, 3.8) is 0 Å². The molecule has 0 aromatic carbocycles. The van der Waals surface area contributed by atoms with Crippen molar-refractivity contribution in [2.75, 3.05) is 0 Å².